The first-order chi connectivity index (χ1) is 11.3. The summed E-state index contributed by atoms with van der Waals surface area (Å²) < 4.78 is 0. The highest BCUT2D eigenvalue weighted by Crippen LogP contribution is 2.34. The fourth-order valence-corrected chi connectivity index (χ4v) is 3.55. The number of hydrogen-bond donors (Lipinski definition) is 1. The largest absolute Gasteiger partial charge is 0.384 e. The number of nitrogens with one attached hydrogen (secondary N) is 1. The van der Waals surface area contributed by atoms with Gasteiger partial charge >= 0.3 is 0 Å². The number of pyridine rings is 1. The number of nitrogens with zero attached hydrogens (tertiary/aromatic N) is 1. The standard InChI is InChI=1S/C21H22N2/c1-15-10-11-20-18(14-15)21(17-8-5-9-19(17)23-20)22-13-12-16-6-3-2-4-7-16/h2-4,6-7,10-11,14H,5,8-9,12-13H2,1H3,(H,22,23). The van der Waals surface area contributed by atoms with Crippen LogP contribution in [0.4, 0.5) is 5.69 Å². The van der Waals surface area contributed by atoms with Gasteiger partial charge in [0.1, 0.15) is 0 Å². The quantitative estimate of drug-likeness (QED) is 0.756. The first-order valence-electron chi connectivity index (χ1n) is 8.51. The van der Waals surface area contributed by atoms with E-state index >= 15 is 0 Å². The lowest BCUT2D eigenvalue weighted by molar-refractivity contribution is 0.900. The van der Waals surface area contributed by atoms with Gasteiger partial charge in [-0.05, 0) is 55.9 Å². The van der Waals surface area contributed by atoms with Crippen molar-refractivity contribution in [1.29, 1.82) is 0 Å². The number of benzene rings is 2. The molecule has 1 N–H and O–H groups in total. The van der Waals surface area contributed by atoms with Gasteiger partial charge in [-0.15, -0.1) is 0 Å². The second-order valence-electron chi connectivity index (χ2n) is 6.45. The number of aryl methyl sites for hydroxylation is 2. The zero-order chi connectivity index (χ0) is 15.6. The molecule has 2 aromatic carbocycles. The third kappa shape index (κ3) is 2.81. The van der Waals surface area contributed by atoms with Gasteiger partial charge in [0.15, 0.2) is 0 Å². The van der Waals surface area contributed by atoms with E-state index in [1.54, 1.807) is 0 Å². The molecular weight excluding hydrogens is 280 g/mol. The summed E-state index contributed by atoms with van der Waals surface area (Å²) in [6.45, 7) is 3.12. The molecule has 0 unspecified atom stereocenters. The summed E-state index contributed by atoms with van der Waals surface area (Å²) in [5.74, 6) is 0. The van der Waals surface area contributed by atoms with Crippen LogP contribution in [0.5, 0.6) is 0 Å². The molecule has 0 bridgehead atoms. The number of rotatable bonds is 4. The van der Waals surface area contributed by atoms with Crippen molar-refractivity contribution in [2.24, 2.45) is 0 Å². The van der Waals surface area contributed by atoms with Crippen molar-refractivity contribution in [1.82, 2.24) is 4.98 Å². The lowest BCUT2D eigenvalue weighted by Gasteiger charge is -2.15. The minimum absolute atomic E-state index is 0.962. The Bertz CT molecular complexity index is 837. The molecule has 0 saturated carbocycles. The predicted molar refractivity (Wildman–Crippen MR) is 97.1 cm³/mol. The molecule has 3 aromatic rings. The second-order valence-corrected chi connectivity index (χ2v) is 6.45. The van der Waals surface area contributed by atoms with E-state index in [0.29, 0.717) is 0 Å². The minimum Gasteiger partial charge on any atom is -0.384 e. The lowest BCUT2D eigenvalue weighted by atomic mass is 10.0. The van der Waals surface area contributed by atoms with Gasteiger partial charge in [0.05, 0.1) is 5.52 Å². The Hall–Kier alpha value is -2.35. The third-order valence-corrected chi connectivity index (χ3v) is 4.73. The maximum absolute atomic E-state index is 4.88. The van der Waals surface area contributed by atoms with Gasteiger partial charge in [0.25, 0.3) is 0 Å². The predicted octanol–water partition coefficient (Wildman–Crippen LogP) is 4.69. The van der Waals surface area contributed by atoms with Crippen LogP contribution in [-0.4, -0.2) is 11.5 Å². The zero-order valence-corrected chi connectivity index (χ0v) is 13.6. The van der Waals surface area contributed by atoms with Crippen LogP contribution in [-0.2, 0) is 19.3 Å². The number of anilines is 1. The average Bonchev–Trinajstić information content (AvgIpc) is 3.04. The molecule has 1 aliphatic carbocycles. The molecule has 0 saturated heterocycles. The molecule has 0 radical (unpaired) electrons. The van der Waals surface area contributed by atoms with Gasteiger partial charge in [-0.25, -0.2) is 0 Å². The molecular formula is C21H22N2. The molecule has 2 nitrogen and oxygen atoms in total. The Morgan fingerprint density at radius 1 is 1.04 bits per heavy atom. The highest BCUT2D eigenvalue weighted by molar-refractivity contribution is 5.94. The van der Waals surface area contributed by atoms with Gasteiger partial charge in [-0.3, -0.25) is 4.98 Å². The van der Waals surface area contributed by atoms with Gasteiger partial charge in [0, 0.05) is 23.3 Å². The van der Waals surface area contributed by atoms with Crippen LogP contribution in [0.25, 0.3) is 10.9 Å². The molecule has 0 amide bonds. The average molecular weight is 302 g/mol. The minimum atomic E-state index is 0.962. The van der Waals surface area contributed by atoms with Crippen LogP contribution in [0.2, 0.25) is 0 Å². The van der Waals surface area contributed by atoms with E-state index in [2.05, 4.69) is 60.8 Å². The smallest absolute Gasteiger partial charge is 0.0726 e. The highest BCUT2D eigenvalue weighted by atomic mass is 14.9. The molecule has 1 aromatic heterocycles. The molecule has 1 heterocycles. The fraction of sp³-hybridized carbons (Fsp3) is 0.286. The Balaban J connectivity index is 1.66. The van der Waals surface area contributed by atoms with Crippen molar-refractivity contribution in [3.63, 3.8) is 0 Å². The van der Waals surface area contributed by atoms with Crippen LogP contribution < -0.4 is 5.32 Å². The molecule has 23 heavy (non-hydrogen) atoms. The Morgan fingerprint density at radius 2 is 1.91 bits per heavy atom. The van der Waals surface area contributed by atoms with Crippen molar-refractivity contribution in [2.75, 3.05) is 11.9 Å². The first-order valence-corrected chi connectivity index (χ1v) is 8.51. The second kappa shape index (κ2) is 6.04. The maximum Gasteiger partial charge on any atom is 0.0726 e. The SMILES string of the molecule is Cc1ccc2nc3c(c(NCCc4ccccc4)c2c1)CCC3. The van der Waals surface area contributed by atoms with E-state index in [1.165, 1.54) is 39.9 Å². The van der Waals surface area contributed by atoms with Gasteiger partial charge < -0.3 is 5.32 Å². The summed E-state index contributed by atoms with van der Waals surface area (Å²) in [6, 6.07) is 17.3. The lowest BCUT2D eigenvalue weighted by Crippen LogP contribution is -2.08. The molecule has 4 rings (SSSR count). The van der Waals surface area contributed by atoms with Gasteiger partial charge in [-0.2, -0.15) is 0 Å². The Labute approximate surface area is 137 Å². The van der Waals surface area contributed by atoms with Gasteiger partial charge in [-0.1, -0.05) is 42.0 Å². The summed E-state index contributed by atoms with van der Waals surface area (Å²) >= 11 is 0. The molecule has 0 fully saturated rings. The van der Waals surface area contributed by atoms with Crippen molar-refractivity contribution in [3.05, 3.63) is 70.9 Å². The van der Waals surface area contributed by atoms with E-state index in [0.717, 1.165) is 31.3 Å². The van der Waals surface area contributed by atoms with Crippen LogP contribution in [0, 0.1) is 6.92 Å². The number of hydrogen-bond acceptors (Lipinski definition) is 2. The maximum atomic E-state index is 4.88. The Morgan fingerprint density at radius 3 is 2.78 bits per heavy atom. The van der Waals surface area contributed by atoms with E-state index in [-0.39, 0.29) is 0 Å². The summed E-state index contributed by atoms with van der Waals surface area (Å²) in [5.41, 5.74) is 7.86. The fourth-order valence-electron chi connectivity index (χ4n) is 3.55. The summed E-state index contributed by atoms with van der Waals surface area (Å²) in [6.07, 6.45) is 4.54. The number of aromatic nitrogens is 1. The van der Waals surface area contributed by atoms with E-state index in [1.807, 2.05) is 0 Å². The van der Waals surface area contributed by atoms with Crippen LogP contribution >= 0.6 is 0 Å². The molecule has 116 valence electrons. The third-order valence-electron chi connectivity index (χ3n) is 4.73. The normalized spacial score (nSPS) is 13.3. The molecule has 0 atom stereocenters. The van der Waals surface area contributed by atoms with E-state index in [4.69, 9.17) is 4.98 Å². The summed E-state index contributed by atoms with van der Waals surface area (Å²) in [7, 11) is 0. The topological polar surface area (TPSA) is 24.9 Å². The van der Waals surface area contributed by atoms with E-state index < -0.39 is 0 Å². The van der Waals surface area contributed by atoms with Crippen molar-refractivity contribution in [2.45, 2.75) is 32.6 Å². The molecule has 0 aliphatic heterocycles. The monoisotopic (exact) mass is 302 g/mol. The summed E-state index contributed by atoms with van der Waals surface area (Å²) in [4.78, 5) is 4.88. The highest BCUT2D eigenvalue weighted by Gasteiger charge is 2.19. The molecule has 0 spiro atoms. The molecule has 1 aliphatic rings. The van der Waals surface area contributed by atoms with Crippen LogP contribution in [0.3, 0.4) is 0 Å². The number of fused-ring (bicyclic) bond motifs is 2. The summed E-state index contributed by atoms with van der Waals surface area (Å²) in [5, 5.41) is 5.00. The van der Waals surface area contributed by atoms with E-state index in [9.17, 15) is 0 Å². The zero-order valence-electron chi connectivity index (χ0n) is 13.6. The molecule has 2 heteroatoms. The van der Waals surface area contributed by atoms with Crippen molar-refractivity contribution >= 4 is 16.6 Å². The Kier molecular flexibility index (Phi) is 3.74. The van der Waals surface area contributed by atoms with Crippen molar-refractivity contribution in [3.8, 4) is 0 Å². The van der Waals surface area contributed by atoms with Crippen LogP contribution in [0.1, 0.15) is 28.8 Å². The first kappa shape index (κ1) is 14.3. The van der Waals surface area contributed by atoms with Crippen LogP contribution in [0.15, 0.2) is 48.5 Å². The van der Waals surface area contributed by atoms with Gasteiger partial charge in [0.2, 0.25) is 0 Å². The van der Waals surface area contributed by atoms with Crippen molar-refractivity contribution < 1.29 is 0 Å².